The molecular formula is C20H23ClN2O2. The third kappa shape index (κ3) is 5.07. The lowest BCUT2D eigenvalue weighted by Crippen LogP contribution is -2.47. The summed E-state index contributed by atoms with van der Waals surface area (Å²) in [5.74, 6) is -0.586. The third-order valence-electron chi connectivity index (χ3n) is 3.98. The summed E-state index contributed by atoms with van der Waals surface area (Å²) in [6.45, 7) is 7.74. The molecule has 0 aliphatic heterocycles. The highest BCUT2D eigenvalue weighted by atomic mass is 35.5. The summed E-state index contributed by atoms with van der Waals surface area (Å²) in [6, 6.07) is 11.8. The Balaban J connectivity index is 2.12. The Hall–Kier alpha value is -2.33. The second-order valence-corrected chi connectivity index (χ2v) is 6.95. The maximum atomic E-state index is 12.7. The fraction of sp³-hybridized carbons (Fsp3) is 0.300. The molecule has 4 nitrogen and oxygen atoms in total. The van der Waals surface area contributed by atoms with Gasteiger partial charge in [0.15, 0.2) is 0 Å². The second kappa shape index (κ2) is 8.17. The number of anilines is 1. The Morgan fingerprint density at radius 3 is 2.20 bits per heavy atom. The zero-order valence-electron chi connectivity index (χ0n) is 14.9. The number of nitrogens with one attached hydrogen (secondary N) is 2. The maximum Gasteiger partial charge on any atom is 0.251 e. The van der Waals surface area contributed by atoms with E-state index in [1.165, 1.54) is 0 Å². The van der Waals surface area contributed by atoms with Gasteiger partial charge in [-0.2, -0.15) is 0 Å². The number of amides is 2. The summed E-state index contributed by atoms with van der Waals surface area (Å²) < 4.78 is 0. The Bertz CT molecular complexity index is 770. The number of rotatable bonds is 5. The van der Waals surface area contributed by atoms with Crippen molar-refractivity contribution in [3.8, 4) is 0 Å². The van der Waals surface area contributed by atoms with Crippen molar-refractivity contribution in [1.82, 2.24) is 5.32 Å². The van der Waals surface area contributed by atoms with Gasteiger partial charge in [0, 0.05) is 16.3 Å². The number of hydrogen-bond acceptors (Lipinski definition) is 2. The SMILES string of the molecule is Cc1ccc(NC(=O)C(NC(=O)c2ccc(Cl)cc2)C(C)C)c(C)c1. The Labute approximate surface area is 153 Å². The molecule has 5 heteroatoms. The van der Waals surface area contributed by atoms with Crippen molar-refractivity contribution in [3.63, 3.8) is 0 Å². The van der Waals surface area contributed by atoms with Gasteiger partial charge in [0.05, 0.1) is 0 Å². The van der Waals surface area contributed by atoms with Crippen LogP contribution in [-0.2, 0) is 4.79 Å². The van der Waals surface area contributed by atoms with Crippen LogP contribution in [0, 0.1) is 19.8 Å². The van der Waals surface area contributed by atoms with Crippen molar-refractivity contribution in [2.45, 2.75) is 33.7 Å². The lowest BCUT2D eigenvalue weighted by atomic mass is 10.0. The van der Waals surface area contributed by atoms with E-state index in [-0.39, 0.29) is 17.7 Å². The average molecular weight is 359 g/mol. The lowest BCUT2D eigenvalue weighted by Gasteiger charge is -2.22. The molecule has 0 aromatic heterocycles. The number of hydrogen-bond donors (Lipinski definition) is 2. The first kappa shape index (κ1) is 19.0. The molecule has 0 bridgehead atoms. The number of aryl methyl sites for hydroxylation is 2. The molecule has 0 heterocycles. The molecule has 0 fully saturated rings. The van der Waals surface area contributed by atoms with Gasteiger partial charge in [-0.25, -0.2) is 0 Å². The van der Waals surface area contributed by atoms with E-state index in [9.17, 15) is 9.59 Å². The van der Waals surface area contributed by atoms with E-state index in [4.69, 9.17) is 11.6 Å². The first-order valence-corrected chi connectivity index (χ1v) is 8.60. The molecule has 132 valence electrons. The predicted octanol–water partition coefficient (Wildman–Crippen LogP) is 4.35. The number of benzene rings is 2. The van der Waals surface area contributed by atoms with Crippen LogP contribution in [0.2, 0.25) is 5.02 Å². The molecule has 1 unspecified atom stereocenters. The van der Waals surface area contributed by atoms with Crippen LogP contribution in [0.4, 0.5) is 5.69 Å². The van der Waals surface area contributed by atoms with Crippen LogP contribution in [0.5, 0.6) is 0 Å². The topological polar surface area (TPSA) is 58.2 Å². The molecule has 1 atom stereocenters. The molecule has 2 N–H and O–H groups in total. The first-order valence-electron chi connectivity index (χ1n) is 8.22. The van der Waals surface area contributed by atoms with Gasteiger partial charge < -0.3 is 10.6 Å². The van der Waals surface area contributed by atoms with Crippen molar-refractivity contribution in [1.29, 1.82) is 0 Å². The van der Waals surface area contributed by atoms with Gasteiger partial charge >= 0.3 is 0 Å². The van der Waals surface area contributed by atoms with Crippen LogP contribution < -0.4 is 10.6 Å². The molecule has 2 amide bonds. The van der Waals surface area contributed by atoms with Crippen molar-refractivity contribution >= 4 is 29.1 Å². The zero-order chi connectivity index (χ0) is 18.6. The fourth-order valence-electron chi connectivity index (χ4n) is 2.53. The summed E-state index contributed by atoms with van der Waals surface area (Å²) >= 11 is 5.84. The number of carbonyl (C=O) groups excluding carboxylic acids is 2. The van der Waals surface area contributed by atoms with E-state index in [2.05, 4.69) is 10.6 Å². The number of halogens is 1. The van der Waals surface area contributed by atoms with Crippen molar-refractivity contribution < 1.29 is 9.59 Å². The molecule has 0 aliphatic carbocycles. The van der Waals surface area contributed by atoms with Gasteiger partial charge in [-0.15, -0.1) is 0 Å². The predicted molar refractivity (Wildman–Crippen MR) is 102 cm³/mol. The quantitative estimate of drug-likeness (QED) is 0.834. The Morgan fingerprint density at radius 1 is 1.00 bits per heavy atom. The smallest absolute Gasteiger partial charge is 0.251 e. The highest BCUT2D eigenvalue weighted by Gasteiger charge is 2.25. The van der Waals surface area contributed by atoms with Gasteiger partial charge in [-0.05, 0) is 55.7 Å². The Morgan fingerprint density at radius 2 is 1.64 bits per heavy atom. The molecule has 0 saturated heterocycles. The summed E-state index contributed by atoms with van der Waals surface area (Å²) in [6.07, 6.45) is 0. The van der Waals surface area contributed by atoms with E-state index in [1.54, 1.807) is 24.3 Å². The van der Waals surface area contributed by atoms with Crippen LogP contribution in [0.3, 0.4) is 0 Å². The van der Waals surface area contributed by atoms with Crippen molar-refractivity contribution in [3.05, 3.63) is 64.2 Å². The zero-order valence-corrected chi connectivity index (χ0v) is 15.6. The van der Waals surface area contributed by atoms with E-state index < -0.39 is 6.04 Å². The molecule has 2 aromatic carbocycles. The average Bonchev–Trinajstić information content (AvgIpc) is 2.55. The van der Waals surface area contributed by atoms with E-state index in [1.807, 2.05) is 45.9 Å². The molecule has 2 rings (SSSR count). The van der Waals surface area contributed by atoms with Crippen LogP contribution in [-0.4, -0.2) is 17.9 Å². The lowest BCUT2D eigenvalue weighted by molar-refractivity contribution is -0.118. The molecule has 0 aliphatic rings. The van der Waals surface area contributed by atoms with Crippen molar-refractivity contribution in [2.24, 2.45) is 5.92 Å². The van der Waals surface area contributed by atoms with E-state index >= 15 is 0 Å². The van der Waals surface area contributed by atoms with Crippen molar-refractivity contribution in [2.75, 3.05) is 5.32 Å². The highest BCUT2D eigenvalue weighted by Crippen LogP contribution is 2.17. The molecule has 0 radical (unpaired) electrons. The molecule has 2 aromatic rings. The van der Waals surface area contributed by atoms with Crippen LogP contribution >= 0.6 is 11.6 Å². The summed E-state index contributed by atoms with van der Waals surface area (Å²) in [7, 11) is 0. The van der Waals surface area contributed by atoms with Gasteiger partial charge in [-0.1, -0.05) is 43.1 Å². The molecule has 0 saturated carbocycles. The summed E-state index contributed by atoms with van der Waals surface area (Å²) in [5.41, 5.74) is 3.34. The highest BCUT2D eigenvalue weighted by molar-refractivity contribution is 6.30. The van der Waals surface area contributed by atoms with Crippen LogP contribution in [0.15, 0.2) is 42.5 Å². The maximum absolute atomic E-state index is 12.7. The minimum atomic E-state index is -0.635. The summed E-state index contributed by atoms with van der Waals surface area (Å²) in [5, 5.41) is 6.28. The van der Waals surface area contributed by atoms with Gasteiger partial charge in [0.25, 0.3) is 5.91 Å². The Kier molecular flexibility index (Phi) is 6.21. The minimum Gasteiger partial charge on any atom is -0.340 e. The van der Waals surface area contributed by atoms with Crippen LogP contribution in [0.25, 0.3) is 0 Å². The van der Waals surface area contributed by atoms with E-state index in [0.29, 0.717) is 10.6 Å². The molecular weight excluding hydrogens is 336 g/mol. The monoisotopic (exact) mass is 358 g/mol. The minimum absolute atomic E-state index is 0.0537. The van der Waals surface area contributed by atoms with Gasteiger partial charge in [-0.3, -0.25) is 9.59 Å². The first-order chi connectivity index (χ1) is 11.8. The largest absolute Gasteiger partial charge is 0.340 e. The second-order valence-electron chi connectivity index (χ2n) is 6.51. The van der Waals surface area contributed by atoms with Crippen LogP contribution in [0.1, 0.15) is 35.3 Å². The third-order valence-corrected chi connectivity index (χ3v) is 4.23. The summed E-state index contributed by atoms with van der Waals surface area (Å²) in [4.78, 5) is 25.1. The molecule has 25 heavy (non-hydrogen) atoms. The number of carbonyl (C=O) groups is 2. The van der Waals surface area contributed by atoms with Gasteiger partial charge in [0.1, 0.15) is 6.04 Å². The standard InChI is InChI=1S/C20H23ClN2O2/c1-12(2)18(23-19(24)15-6-8-16(21)9-7-15)20(25)22-17-10-5-13(3)11-14(17)4/h5-12,18H,1-4H3,(H,22,25)(H,23,24). The normalized spacial score (nSPS) is 11.9. The van der Waals surface area contributed by atoms with E-state index in [0.717, 1.165) is 16.8 Å². The fourth-order valence-corrected chi connectivity index (χ4v) is 2.65. The molecule has 0 spiro atoms. The van der Waals surface area contributed by atoms with Gasteiger partial charge in [0.2, 0.25) is 5.91 Å².